The zero-order chi connectivity index (χ0) is 22.9. The van der Waals surface area contributed by atoms with Gasteiger partial charge in [0.05, 0.1) is 19.9 Å². The van der Waals surface area contributed by atoms with Gasteiger partial charge in [0.2, 0.25) is 0 Å². The van der Waals surface area contributed by atoms with Crippen LogP contribution in [-0.4, -0.2) is 38.2 Å². The Hall–Kier alpha value is -4.27. The third-order valence-corrected chi connectivity index (χ3v) is 4.43. The van der Waals surface area contributed by atoms with Crippen LogP contribution in [0.2, 0.25) is 0 Å². The smallest absolute Gasteiger partial charge is 0.319 e. The van der Waals surface area contributed by atoms with Gasteiger partial charge in [-0.05, 0) is 35.9 Å². The van der Waals surface area contributed by atoms with Crippen LogP contribution < -0.4 is 30.2 Å². The molecule has 0 unspecified atom stereocenters. The maximum atomic E-state index is 12.4. The van der Waals surface area contributed by atoms with E-state index in [2.05, 4.69) is 20.9 Å². The third-order valence-electron chi connectivity index (χ3n) is 4.43. The molecule has 166 valence electrons. The Morgan fingerprint density at radius 1 is 0.938 bits per heavy atom. The van der Waals surface area contributed by atoms with E-state index in [4.69, 9.17) is 14.2 Å². The van der Waals surface area contributed by atoms with Crippen molar-refractivity contribution in [2.45, 2.75) is 6.54 Å². The Balaban J connectivity index is 1.62. The average molecular weight is 436 g/mol. The van der Waals surface area contributed by atoms with Crippen LogP contribution in [0, 0.1) is 0 Å². The molecule has 1 heterocycles. The van der Waals surface area contributed by atoms with Crippen molar-refractivity contribution >= 4 is 17.6 Å². The molecule has 9 heteroatoms. The predicted molar refractivity (Wildman–Crippen MR) is 120 cm³/mol. The number of aromatic nitrogens is 1. The number of rotatable bonds is 8. The number of ether oxygens (including phenoxy) is 3. The van der Waals surface area contributed by atoms with Crippen molar-refractivity contribution in [1.82, 2.24) is 15.6 Å². The fourth-order valence-corrected chi connectivity index (χ4v) is 2.84. The van der Waals surface area contributed by atoms with Gasteiger partial charge >= 0.3 is 6.03 Å². The second-order valence-corrected chi connectivity index (χ2v) is 6.58. The molecule has 0 bridgehead atoms. The van der Waals surface area contributed by atoms with E-state index in [0.717, 1.165) is 5.56 Å². The molecule has 2 aromatic carbocycles. The molecule has 0 aliphatic heterocycles. The number of urea groups is 1. The molecule has 0 aliphatic carbocycles. The summed E-state index contributed by atoms with van der Waals surface area (Å²) in [5, 5.41) is 8.07. The average Bonchev–Trinajstić information content (AvgIpc) is 2.82. The van der Waals surface area contributed by atoms with Gasteiger partial charge in [-0.2, -0.15) is 0 Å². The first-order valence-electron chi connectivity index (χ1n) is 9.74. The lowest BCUT2D eigenvalue weighted by Gasteiger charge is -2.13. The first-order valence-corrected chi connectivity index (χ1v) is 9.74. The molecule has 0 aliphatic rings. The molecule has 3 rings (SSSR count). The second-order valence-electron chi connectivity index (χ2n) is 6.58. The zero-order valence-electron chi connectivity index (χ0n) is 18.0. The molecule has 0 spiro atoms. The molecule has 3 aromatic rings. The summed E-state index contributed by atoms with van der Waals surface area (Å²) in [5.74, 6) is 1.86. The lowest BCUT2D eigenvalue weighted by molar-refractivity contribution is 0.0958. The highest BCUT2D eigenvalue weighted by molar-refractivity contribution is 5.92. The van der Waals surface area contributed by atoms with E-state index in [9.17, 15) is 9.59 Å². The number of amides is 3. The highest BCUT2D eigenvalue weighted by Crippen LogP contribution is 2.29. The predicted octanol–water partition coefficient (Wildman–Crippen LogP) is 3.57. The second kappa shape index (κ2) is 10.7. The molecule has 3 N–H and O–H groups in total. The molecular formula is C23H24N4O5. The molecule has 0 saturated heterocycles. The largest absolute Gasteiger partial charge is 0.497 e. The Kier molecular flexibility index (Phi) is 7.47. The Morgan fingerprint density at radius 3 is 2.50 bits per heavy atom. The van der Waals surface area contributed by atoms with E-state index in [1.165, 1.54) is 20.4 Å². The van der Waals surface area contributed by atoms with Gasteiger partial charge in [-0.25, -0.2) is 4.79 Å². The Labute approximate surface area is 185 Å². The number of carbonyl (C=O) groups excluding carboxylic acids is 2. The number of carbonyl (C=O) groups is 2. The summed E-state index contributed by atoms with van der Waals surface area (Å²) < 4.78 is 16.3. The topological polar surface area (TPSA) is 111 Å². The lowest BCUT2D eigenvalue weighted by atomic mass is 10.2. The van der Waals surface area contributed by atoms with E-state index in [1.807, 2.05) is 12.1 Å². The van der Waals surface area contributed by atoms with Gasteiger partial charge in [-0.1, -0.05) is 12.1 Å². The zero-order valence-corrected chi connectivity index (χ0v) is 18.0. The first kappa shape index (κ1) is 22.4. The molecule has 0 saturated carbocycles. The maximum absolute atomic E-state index is 12.4. The Morgan fingerprint density at radius 2 is 1.75 bits per heavy atom. The highest BCUT2D eigenvalue weighted by Gasteiger charge is 2.10. The monoisotopic (exact) mass is 436 g/mol. The summed E-state index contributed by atoms with van der Waals surface area (Å²) in [6.07, 6.45) is 1.50. The number of anilines is 1. The van der Waals surface area contributed by atoms with Crippen LogP contribution in [0.4, 0.5) is 10.5 Å². The van der Waals surface area contributed by atoms with Crippen molar-refractivity contribution in [1.29, 1.82) is 0 Å². The first-order chi connectivity index (χ1) is 15.5. The van der Waals surface area contributed by atoms with Crippen molar-refractivity contribution in [3.63, 3.8) is 0 Å². The van der Waals surface area contributed by atoms with Crippen LogP contribution in [0.15, 0.2) is 60.8 Å². The van der Waals surface area contributed by atoms with E-state index in [-0.39, 0.29) is 18.1 Å². The molecule has 9 nitrogen and oxygen atoms in total. The van der Waals surface area contributed by atoms with Crippen molar-refractivity contribution in [3.05, 3.63) is 72.1 Å². The highest BCUT2D eigenvalue weighted by atomic mass is 16.5. The number of hydrogen-bond donors (Lipinski definition) is 3. The van der Waals surface area contributed by atoms with Gasteiger partial charge in [0.1, 0.15) is 28.7 Å². The minimum Gasteiger partial charge on any atom is -0.497 e. The van der Waals surface area contributed by atoms with Gasteiger partial charge < -0.3 is 30.2 Å². The quantitative estimate of drug-likeness (QED) is 0.498. The standard InChI is InChI=1S/C23H24N4O5/c1-24-22(28)20-13-18(9-10-25-20)32-17-6-4-5-15(11-17)14-26-23(29)27-19-12-16(30-2)7-8-21(19)31-3/h4-13H,14H2,1-3H3,(H,24,28)(H2,26,27,29). The summed E-state index contributed by atoms with van der Waals surface area (Å²) in [7, 11) is 4.61. The van der Waals surface area contributed by atoms with E-state index < -0.39 is 6.03 Å². The van der Waals surface area contributed by atoms with Gasteiger partial charge in [-0.15, -0.1) is 0 Å². The molecule has 0 radical (unpaired) electrons. The van der Waals surface area contributed by atoms with Crippen LogP contribution in [0.3, 0.4) is 0 Å². The number of benzene rings is 2. The van der Waals surface area contributed by atoms with Crippen molar-refractivity contribution in [3.8, 4) is 23.0 Å². The number of nitrogens with zero attached hydrogens (tertiary/aromatic N) is 1. The van der Waals surface area contributed by atoms with Gasteiger partial charge in [0.25, 0.3) is 5.91 Å². The molecule has 0 atom stereocenters. The Bertz CT molecular complexity index is 1100. The molecule has 0 fully saturated rings. The van der Waals surface area contributed by atoms with Crippen molar-refractivity contribution < 1.29 is 23.8 Å². The van der Waals surface area contributed by atoms with Crippen molar-refractivity contribution in [2.75, 3.05) is 26.6 Å². The van der Waals surface area contributed by atoms with Crippen LogP contribution >= 0.6 is 0 Å². The fraction of sp³-hybridized carbons (Fsp3) is 0.174. The number of nitrogens with one attached hydrogen (secondary N) is 3. The molecule has 3 amide bonds. The molecule has 1 aromatic heterocycles. The maximum Gasteiger partial charge on any atom is 0.319 e. The van der Waals surface area contributed by atoms with Crippen molar-refractivity contribution in [2.24, 2.45) is 0 Å². The van der Waals surface area contributed by atoms with E-state index in [1.54, 1.807) is 49.6 Å². The van der Waals surface area contributed by atoms with Gasteiger partial charge in [0, 0.05) is 31.9 Å². The lowest BCUT2D eigenvalue weighted by Crippen LogP contribution is -2.28. The van der Waals surface area contributed by atoms with Crippen LogP contribution in [0.5, 0.6) is 23.0 Å². The van der Waals surface area contributed by atoms with Gasteiger partial charge in [-0.3, -0.25) is 9.78 Å². The summed E-state index contributed by atoms with van der Waals surface area (Å²) in [5.41, 5.74) is 1.58. The fourth-order valence-electron chi connectivity index (χ4n) is 2.84. The summed E-state index contributed by atoms with van der Waals surface area (Å²) in [6, 6.07) is 15.2. The number of pyridine rings is 1. The summed E-state index contributed by atoms with van der Waals surface area (Å²) in [4.78, 5) is 28.1. The van der Waals surface area contributed by atoms with Crippen LogP contribution in [0.1, 0.15) is 16.1 Å². The SMILES string of the molecule is CNC(=O)c1cc(Oc2cccc(CNC(=O)Nc3cc(OC)ccc3OC)c2)ccn1. The van der Waals surface area contributed by atoms with E-state index >= 15 is 0 Å². The normalized spacial score (nSPS) is 10.1. The molecule has 32 heavy (non-hydrogen) atoms. The minimum atomic E-state index is -0.396. The van der Waals surface area contributed by atoms with Gasteiger partial charge in [0.15, 0.2) is 0 Å². The van der Waals surface area contributed by atoms with Crippen LogP contribution in [0.25, 0.3) is 0 Å². The van der Waals surface area contributed by atoms with Crippen LogP contribution in [-0.2, 0) is 6.54 Å². The molecular weight excluding hydrogens is 412 g/mol. The summed E-state index contributed by atoms with van der Waals surface area (Å²) in [6.45, 7) is 0.273. The van der Waals surface area contributed by atoms with E-state index in [0.29, 0.717) is 28.7 Å². The third kappa shape index (κ3) is 5.88. The minimum absolute atomic E-state index is 0.257. The number of hydrogen-bond acceptors (Lipinski definition) is 6. The number of methoxy groups -OCH3 is 2. The summed E-state index contributed by atoms with van der Waals surface area (Å²) >= 11 is 0.